The Bertz CT molecular complexity index is 753. The van der Waals surface area contributed by atoms with E-state index in [1.807, 2.05) is 53.4 Å². The molecule has 2 aromatic carbocycles. The number of rotatable bonds is 8. The highest BCUT2D eigenvalue weighted by Crippen LogP contribution is 2.12. The molecule has 3 rings (SSSR count). The third-order valence-corrected chi connectivity index (χ3v) is 4.97. The van der Waals surface area contributed by atoms with Crippen molar-refractivity contribution in [2.45, 2.75) is 13.3 Å². The van der Waals surface area contributed by atoms with Gasteiger partial charge in [-0.3, -0.25) is 9.69 Å². The predicted octanol–water partition coefficient (Wildman–Crippen LogP) is 3.95. The summed E-state index contributed by atoms with van der Waals surface area (Å²) in [5, 5.41) is 0. The zero-order valence-corrected chi connectivity index (χ0v) is 16.7. The molecule has 28 heavy (non-hydrogen) atoms. The lowest BCUT2D eigenvalue weighted by Crippen LogP contribution is -2.39. The molecular formula is C24H30N2O2. The van der Waals surface area contributed by atoms with Crippen LogP contribution in [0, 0.1) is 0 Å². The van der Waals surface area contributed by atoms with E-state index in [1.165, 1.54) is 11.1 Å². The molecule has 1 heterocycles. The Morgan fingerprint density at radius 1 is 1.04 bits per heavy atom. The summed E-state index contributed by atoms with van der Waals surface area (Å²) in [6.45, 7) is 8.09. The molecule has 4 heteroatoms. The van der Waals surface area contributed by atoms with Gasteiger partial charge in [0, 0.05) is 38.3 Å². The van der Waals surface area contributed by atoms with Gasteiger partial charge in [0.15, 0.2) is 0 Å². The number of ether oxygens (including phenoxy) is 1. The fourth-order valence-electron chi connectivity index (χ4n) is 3.51. The van der Waals surface area contributed by atoms with E-state index in [0.717, 1.165) is 51.4 Å². The Hall–Kier alpha value is -2.43. The van der Waals surface area contributed by atoms with E-state index in [-0.39, 0.29) is 5.91 Å². The van der Waals surface area contributed by atoms with Crippen molar-refractivity contribution in [3.05, 3.63) is 77.4 Å². The van der Waals surface area contributed by atoms with Crippen LogP contribution in [0.3, 0.4) is 0 Å². The summed E-state index contributed by atoms with van der Waals surface area (Å²) in [7, 11) is 0. The molecule has 1 fully saturated rings. The summed E-state index contributed by atoms with van der Waals surface area (Å²) in [6.07, 6.45) is 3.13. The quantitative estimate of drug-likeness (QED) is 0.697. The van der Waals surface area contributed by atoms with Gasteiger partial charge in [-0.2, -0.15) is 0 Å². The second kappa shape index (κ2) is 10.8. The van der Waals surface area contributed by atoms with Gasteiger partial charge in [0.05, 0.1) is 13.2 Å². The number of amides is 1. The highest BCUT2D eigenvalue weighted by molar-refractivity contribution is 5.94. The summed E-state index contributed by atoms with van der Waals surface area (Å²) >= 11 is 0. The molecule has 0 unspecified atom stereocenters. The minimum Gasteiger partial charge on any atom is -0.379 e. The fraction of sp³-hybridized carbons (Fsp3) is 0.375. The summed E-state index contributed by atoms with van der Waals surface area (Å²) in [5.41, 5.74) is 3.10. The minimum absolute atomic E-state index is 0.100. The first-order chi connectivity index (χ1) is 13.7. The lowest BCUT2D eigenvalue weighted by molar-refractivity contribution is 0.0358. The van der Waals surface area contributed by atoms with E-state index >= 15 is 0 Å². The molecule has 1 aliphatic heterocycles. The van der Waals surface area contributed by atoms with Crippen LogP contribution < -0.4 is 0 Å². The maximum atomic E-state index is 13.1. The topological polar surface area (TPSA) is 32.8 Å². The van der Waals surface area contributed by atoms with Crippen LogP contribution in [-0.2, 0) is 4.74 Å². The van der Waals surface area contributed by atoms with Crippen molar-refractivity contribution in [2.75, 3.05) is 45.9 Å². The molecule has 0 aliphatic carbocycles. The Morgan fingerprint density at radius 3 is 2.36 bits per heavy atom. The Labute approximate surface area is 168 Å². The van der Waals surface area contributed by atoms with Gasteiger partial charge in [0.25, 0.3) is 5.91 Å². The van der Waals surface area contributed by atoms with Gasteiger partial charge in [-0.1, -0.05) is 60.2 Å². The molecule has 0 atom stereocenters. The highest BCUT2D eigenvalue weighted by atomic mass is 16.5. The molecule has 4 nitrogen and oxygen atoms in total. The third kappa shape index (κ3) is 6.32. The van der Waals surface area contributed by atoms with Crippen molar-refractivity contribution in [3.8, 4) is 0 Å². The van der Waals surface area contributed by atoms with Gasteiger partial charge in [0.2, 0.25) is 0 Å². The zero-order valence-electron chi connectivity index (χ0n) is 16.7. The number of hydrogen-bond acceptors (Lipinski definition) is 3. The maximum Gasteiger partial charge on any atom is 0.254 e. The molecule has 0 spiro atoms. The summed E-state index contributed by atoms with van der Waals surface area (Å²) in [6, 6.07) is 19.8. The number of hydrogen-bond donors (Lipinski definition) is 0. The molecule has 0 aromatic heterocycles. The monoisotopic (exact) mass is 378 g/mol. The second-order valence-corrected chi connectivity index (χ2v) is 7.30. The van der Waals surface area contributed by atoms with E-state index in [9.17, 15) is 4.79 Å². The van der Waals surface area contributed by atoms with Gasteiger partial charge in [-0.15, -0.1) is 0 Å². The van der Waals surface area contributed by atoms with Gasteiger partial charge in [-0.25, -0.2) is 0 Å². The zero-order chi connectivity index (χ0) is 19.6. The van der Waals surface area contributed by atoms with E-state index in [1.54, 1.807) is 0 Å². The van der Waals surface area contributed by atoms with Crippen LogP contribution in [0.1, 0.15) is 29.3 Å². The first kappa shape index (κ1) is 20.3. The second-order valence-electron chi connectivity index (χ2n) is 7.30. The van der Waals surface area contributed by atoms with Gasteiger partial charge < -0.3 is 9.64 Å². The van der Waals surface area contributed by atoms with E-state index < -0.39 is 0 Å². The largest absolute Gasteiger partial charge is 0.379 e. The molecule has 1 aliphatic rings. The van der Waals surface area contributed by atoms with E-state index in [0.29, 0.717) is 6.54 Å². The highest BCUT2D eigenvalue weighted by Gasteiger charge is 2.17. The van der Waals surface area contributed by atoms with Crippen LogP contribution in [-0.4, -0.2) is 61.6 Å². The summed E-state index contributed by atoms with van der Waals surface area (Å²) in [4.78, 5) is 17.5. The Balaban J connectivity index is 1.64. The number of carbonyl (C=O) groups is 1. The van der Waals surface area contributed by atoms with Crippen LogP contribution in [0.5, 0.6) is 0 Å². The maximum absolute atomic E-state index is 13.1. The molecular weight excluding hydrogens is 348 g/mol. The minimum atomic E-state index is 0.100. The summed E-state index contributed by atoms with van der Waals surface area (Å²) < 4.78 is 5.42. The van der Waals surface area contributed by atoms with Crippen molar-refractivity contribution < 1.29 is 9.53 Å². The number of nitrogens with zero attached hydrogens (tertiary/aromatic N) is 2. The average molecular weight is 379 g/mol. The van der Waals surface area contributed by atoms with Crippen molar-refractivity contribution in [2.24, 2.45) is 0 Å². The van der Waals surface area contributed by atoms with Gasteiger partial charge >= 0.3 is 0 Å². The smallest absolute Gasteiger partial charge is 0.254 e. The number of carbonyl (C=O) groups excluding carboxylic acids is 1. The third-order valence-electron chi connectivity index (χ3n) is 4.97. The standard InChI is InChI=1S/C24H30N2O2/c1-21(19-22-9-4-2-5-10-22)20-26(24(27)23-11-6-3-7-12-23)14-8-13-25-15-17-28-18-16-25/h2-7,9-12,19H,8,13-18,20H2,1H3/b21-19+. The van der Waals surface area contributed by atoms with Crippen LogP contribution in [0.25, 0.3) is 6.08 Å². The van der Waals surface area contributed by atoms with Crippen LogP contribution in [0.15, 0.2) is 66.2 Å². The lowest BCUT2D eigenvalue weighted by atomic mass is 10.1. The molecule has 0 saturated carbocycles. The van der Waals surface area contributed by atoms with Crippen molar-refractivity contribution >= 4 is 12.0 Å². The molecule has 0 N–H and O–H groups in total. The summed E-state index contributed by atoms with van der Waals surface area (Å²) in [5.74, 6) is 0.100. The van der Waals surface area contributed by atoms with Crippen LogP contribution in [0.4, 0.5) is 0 Å². The predicted molar refractivity (Wildman–Crippen MR) is 114 cm³/mol. The number of benzene rings is 2. The SMILES string of the molecule is C/C(=C\c1ccccc1)CN(CCCN1CCOCC1)C(=O)c1ccccc1. The first-order valence-corrected chi connectivity index (χ1v) is 10.1. The van der Waals surface area contributed by atoms with E-state index in [4.69, 9.17) is 4.74 Å². The van der Waals surface area contributed by atoms with Crippen molar-refractivity contribution in [1.82, 2.24) is 9.80 Å². The molecule has 0 radical (unpaired) electrons. The first-order valence-electron chi connectivity index (χ1n) is 10.1. The van der Waals surface area contributed by atoms with Crippen LogP contribution in [0.2, 0.25) is 0 Å². The molecule has 1 saturated heterocycles. The Kier molecular flexibility index (Phi) is 7.82. The Morgan fingerprint density at radius 2 is 1.68 bits per heavy atom. The molecule has 0 bridgehead atoms. The molecule has 1 amide bonds. The van der Waals surface area contributed by atoms with Crippen molar-refractivity contribution in [1.29, 1.82) is 0 Å². The molecule has 148 valence electrons. The number of morpholine rings is 1. The average Bonchev–Trinajstić information content (AvgIpc) is 2.74. The normalized spacial score (nSPS) is 15.4. The van der Waals surface area contributed by atoms with Crippen molar-refractivity contribution in [3.63, 3.8) is 0 Å². The van der Waals surface area contributed by atoms with E-state index in [2.05, 4.69) is 30.0 Å². The molecule has 2 aromatic rings. The van der Waals surface area contributed by atoms with Gasteiger partial charge in [-0.05, 0) is 31.0 Å². The van der Waals surface area contributed by atoms with Gasteiger partial charge in [0.1, 0.15) is 0 Å². The fourth-order valence-corrected chi connectivity index (χ4v) is 3.51. The lowest BCUT2D eigenvalue weighted by Gasteiger charge is -2.28. The van der Waals surface area contributed by atoms with Crippen LogP contribution >= 0.6 is 0 Å².